The van der Waals surface area contributed by atoms with Gasteiger partial charge in [0, 0.05) is 30.0 Å². The minimum absolute atomic E-state index is 0.566. The fourth-order valence-corrected chi connectivity index (χ4v) is 2.76. The Morgan fingerprint density at radius 1 is 1.21 bits per heavy atom. The molecule has 1 aromatic heterocycles. The lowest BCUT2D eigenvalue weighted by Crippen LogP contribution is -2.07. The van der Waals surface area contributed by atoms with E-state index in [2.05, 4.69) is 11.1 Å². The first kappa shape index (κ1) is 16.4. The number of halogens is 3. The van der Waals surface area contributed by atoms with Crippen molar-refractivity contribution in [3.05, 3.63) is 65.7 Å². The first-order chi connectivity index (χ1) is 11.5. The molecule has 1 aliphatic rings. The molecule has 0 unspecified atom stereocenters. The molecule has 0 N–H and O–H groups in total. The second-order valence-corrected chi connectivity index (χ2v) is 5.55. The molecule has 0 aliphatic heterocycles. The molecule has 6 heteroatoms. The van der Waals surface area contributed by atoms with E-state index >= 15 is 0 Å². The molecule has 0 amide bonds. The zero-order valence-corrected chi connectivity index (χ0v) is 13.2. The number of methoxy groups -OCH3 is 1. The molecule has 126 valence electrons. The Kier molecular flexibility index (Phi) is 4.46. The summed E-state index contributed by atoms with van der Waals surface area (Å²) in [5.74, 6) is 1.57. The molecule has 1 heterocycles. The average Bonchev–Trinajstić information content (AvgIpc) is 3.03. The van der Waals surface area contributed by atoms with Crippen molar-refractivity contribution in [1.82, 2.24) is 9.55 Å². The Morgan fingerprint density at radius 3 is 2.62 bits per heavy atom. The van der Waals surface area contributed by atoms with E-state index in [4.69, 9.17) is 4.74 Å². The van der Waals surface area contributed by atoms with Gasteiger partial charge in [-0.15, -0.1) is 0 Å². The smallest absolute Gasteiger partial charge is 0.416 e. The molecule has 0 radical (unpaired) electrons. The van der Waals surface area contributed by atoms with Gasteiger partial charge in [-0.2, -0.15) is 13.2 Å². The van der Waals surface area contributed by atoms with Crippen LogP contribution in [0.5, 0.6) is 0 Å². The van der Waals surface area contributed by atoms with E-state index in [9.17, 15) is 13.2 Å². The quantitative estimate of drug-likeness (QED) is 0.801. The summed E-state index contributed by atoms with van der Waals surface area (Å²) < 4.78 is 45.4. The van der Waals surface area contributed by atoms with E-state index in [-0.39, 0.29) is 0 Å². The highest BCUT2D eigenvalue weighted by atomic mass is 19.4. The van der Waals surface area contributed by atoms with Gasteiger partial charge in [-0.25, -0.2) is 4.98 Å². The maximum atomic E-state index is 12.7. The van der Waals surface area contributed by atoms with Crippen LogP contribution in [-0.4, -0.2) is 16.7 Å². The maximum Gasteiger partial charge on any atom is 0.416 e. The van der Waals surface area contributed by atoms with Crippen LogP contribution in [0.1, 0.15) is 18.4 Å². The molecule has 2 aromatic rings. The summed E-state index contributed by atoms with van der Waals surface area (Å²) in [5.41, 5.74) is 1.03. The van der Waals surface area contributed by atoms with Gasteiger partial charge in [-0.1, -0.05) is 24.3 Å². The van der Waals surface area contributed by atoms with Crippen molar-refractivity contribution in [2.45, 2.75) is 25.6 Å². The van der Waals surface area contributed by atoms with Crippen LogP contribution in [0.25, 0.3) is 11.4 Å². The van der Waals surface area contributed by atoms with Gasteiger partial charge >= 0.3 is 6.18 Å². The summed E-state index contributed by atoms with van der Waals surface area (Å²) in [5, 5.41) is 0. The second kappa shape index (κ2) is 6.55. The Balaban J connectivity index is 1.88. The third-order valence-electron chi connectivity index (χ3n) is 3.99. The first-order valence-electron chi connectivity index (χ1n) is 7.60. The van der Waals surface area contributed by atoms with Crippen molar-refractivity contribution in [3.63, 3.8) is 0 Å². The molecule has 0 bridgehead atoms. The number of hydrogen-bond acceptors (Lipinski definition) is 2. The number of imidazole rings is 1. The highest BCUT2D eigenvalue weighted by Gasteiger charge is 2.30. The zero-order valence-electron chi connectivity index (χ0n) is 13.2. The number of aromatic nitrogens is 2. The van der Waals surface area contributed by atoms with Gasteiger partial charge < -0.3 is 9.30 Å². The minimum Gasteiger partial charge on any atom is -0.501 e. The van der Waals surface area contributed by atoms with E-state index < -0.39 is 11.7 Å². The van der Waals surface area contributed by atoms with Crippen LogP contribution in [-0.2, 0) is 17.5 Å². The molecule has 0 atom stereocenters. The lowest BCUT2D eigenvalue weighted by Gasteiger charge is -2.16. The lowest BCUT2D eigenvalue weighted by molar-refractivity contribution is -0.137. The van der Waals surface area contributed by atoms with E-state index in [1.54, 1.807) is 13.3 Å². The zero-order chi connectivity index (χ0) is 17.2. The third-order valence-corrected chi connectivity index (χ3v) is 3.99. The van der Waals surface area contributed by atoms with E-state index in [1.807, 2.05) is 16.8 Å². The average molecular weight is 334 g/mol. The van der Waals surface area contributed by atoms with Gasteiger partial charge in [-0.05, 0) is 18.6 Å². The van der Waals surface area contributed by atoms with Crippen molar-refractivity contribution in [3.8, 4) is 11.4 Å². The summed E-state index contributed by atoms with van der Waals surface area (Å²) in [6, 6.07) is 5.05. The topological polar surface area (TPSA) is 27.1 Å². The van der Waals surface area contributed by atoms with E-state index in [1.165, 1.54) is 12.1 Å². The number of allylic oxidation sites excluding steroid dienone is 4. The van der Waals surface area contributed by atoms with Gasteiger partial charge in [-0.3, -0.25) is 0 Å². The van der Waals surface area contributed by atoms with Crippen molar-refractivity contribution >= 4 is 0 Å². The number of alkyl halides is 3. The fourth-order valence-electron chi connectivity index (χ4n) is 2.76. The molecule has 1 aromatic carbocycles. The molecule has 0 saturated heterocycles. The lowest BCUT2D eigenvalue weighted by atomic mass is 10.0. The van der Waals surface area contributed by atoms with Crippen molar-refractivity contribution in [2.75, 3.05) is 7.11 Å². The summed E-state index contributed by atoms with van der Waals surface area (Å²) in [4.78, 5) is 4.29. The molecule has 24 heavy (non-hydrogen) atoms. The number of rotatable bonds is 4. The first-order valence-corrected chi connectivity index (χ1v) is 7.60. The maximum absolute atomic E-state index is 12.7. The normalized spacial score (nSPS) is 15.0. The predicted molar refractivity (Wildman–Crippen MR) is 85.1 cm³/mol. The van der Waals surface area contributed by atoms with E-state index in [0.717, 1.165) is 36.3 Å². The highest BCUT2D eigenvalue weighted by Crippen LogP contribution is 2.31. The number of hydrogen-bond donors (Lipinski definition) is 0. The fraction of sp³-hybridized carbons (Fsp3) is 0.278. The molecule has 1 aliphatic carbocycles. The van der Waals surface area contributed by atoms with Crippen molar-refractivity contribution in [2.24, 2.45) is 0 Å². The molecule has 3 rings (SSSR count). The highest BCUT2D eigenvalue weighted by molar-refractivity contribution is 5.56. The Morgan fingerprint density at radius 2 is 1.96 bits per heavy atom. The summed E-state index contributed by atoms with van der Waals surface area (Å²) in [6.07, 6.45) is 5.04. The van der Waals surface area contributed by atoms with Gasteiger partial charge in [0.05, 0.1) is 19.2 Å². The predicted octanol–water partition coefficient (Wildman–Crippen LogP) is 4.82. The van der Waals surface area contributed by atoms with Crippen LogP contribution in [0.4, 0.5) is 13.2 Å². The van der Waals surface area contributed by atoms with Crippen LogP contribution in [0.15, 0.2) is 60.1 Å². The van der Waals surface area contributed by atoms with Crippen molar-refractivity contribution < 1.29 is 17.9 Å². The second-order valence-electron chi connectivity index (χ2n) is 5.55. The van der Waals surface area contributed by atoms with Crippen LogP contribution in [0, 0.1) is 0 Å². The standard InChI is InChI=1S/C18H17F3N2O/c1-24-16-5-3-2-4-14(16)12-23-11-10-22-17(23)13-6-8-15(9-7-13)18(19,20)21/h2,4,6-11H,3,5,12H2,1H3. The number of benzene rings is 1. The van der Waals surface area contributed by atoms with Crippen LogP contribution < -0.4 is 0 Å². The Hall–Kier alpha value is -2.50. The van der Waals surface area contributed by atoms with Crippen LogP contribution in [0.2, 0.25) is 0 Å². The molecule has 3 nitrogen and oxygen atoms in total. The number of ether oxygens (including phenoxy) is 1. The number of nitrogens with zero attached hydrogens (tertiary/aromatic N) is 2. The molecular formula is C18H17F3N2O. The van der Waals surface area contributed by atoms with Gasteiger partial charge in [0.1, 0.15) is 11.6 Å². The summed E-state index contributed by atoms with van der Waals surface area (Å²) in [6.45, 7) is 0.566. The third kappa shape index (κ3) is 3.37. The minimum atomic E-state index is -4.33. The molecule has 0 saturated carbocycles. The van der Waals surface area contributed by atoms with Gasteiger partial charge in [0.15, 0.2) is 0 Å². The van der Waals surface area contributed by atoms with Crippen LogP contribution >= 0.6 is 0 Å². The van der Waals surface area contributed by atoms with Gasteiger partial charge in [0.25, 0.3) is 0 Å². The SMILES string of the molecule is COC1=C(Cn2ccnc2-c2ccc(C(F)(F)F)cc2)C=CCC1. The largest absolute Gasteiger partial charge is 0.501 e. The van der Waals surface area contributed by atoms with E-state index in [0.29, 0.717) is 17.9 Å². The Labute approximate surface area is 138 Å². The molecular weight excluding hydrogens is 317 g/mol. The van der Waals surface area contributed by atoms with Crippen molar-refractivity contribution in [1.29, 1.82) is 0 Å². The Bertz CT molecular complexity index is 770. The summed E-state index contributed by atoms with van der Waals surface area (Å²) >= 11 is 0. The molecule has 0 spiro atoms. The summed E-state index contributed by atoms with van der Waals surface area (Å²) in [7, 11) is 1.65. The van der Waals surface area contributed by atoms with Gasteiger partial charge in [0.2, 0.25) is 0 Å². The van der Waals surface area contributed by atoms with Crippen LogP contribution in [0.3, 0.4) is 0 Å². The molecule has 0 fully saturated rings. The monoisotopic (exact) mass is 334 g/mol.